The van der Waals surface area contributed by atoms with Gasteiger partial charge in [-0.05, 0) is 51.0 Å². The Morgan fingerprint density at radius 3 is 2.52 bits per heavy atom. The number of amides is 1. The van der Waals surface area contributed by atoms with Gasteiger partial charge in [-0.25, -0.2) is 18.1 Å². The number of rotatable bonds is 9. The fraction of sp³-hybridized carbons (Fsp3) is 0.412. The highest BCUT2D eigenvalue weighted by Crippen LogP contribution is 2.19. The first kappa shape index (κ1) is 19.1. The number of hydrogen-bond donors (Lipinski definition) is 2. The molecule has 0 saturated heterocycles. The molecule has 0 spiro atoms. The molecule has 8 heteroatoms. The zero-order valence-electron chi connectivity index (χ0n) is 14.4. The summed E-state index contributed by atoms with van der Waals surface area (Å²) in [7, 11) is -3.23. The average molecular weight is 365 g/mol. The van der Waals surface area contributed by atoms with E-state index in [2.05, 4.69) is 15.0 Å². The molecule has 0 aliphatic rings. The van der Waals surface area contributed by atoms with E-state index < -0.39 is 15.3 Å². The van der Waals surface area contributed by atoms with Gasteiger partial charge in [0.1, 0.15) is 6.26 Å². The van der Waals surface area contributed by atoms with Gasteiger partial charge in [-0.3, -0.25) is 4.79 Å². The van der Waals surface area contributed by atoms with Gasteiger partial charge in [-0.2, -0.15) is 0 Å². The molecule has 0 unspecified atom stereocenters. The minimum atomic E-state index is -3.23. The van der Waals surface area contributed by atoms with Gasteiger partial charge in [-0.15, -0.1) is 0 Å². The molecule has 1 aromatic heterocycles. The van der Waals surface area contributed by atoms with Gasteiger partial charge in [0.25, 0.3) is 0 Å². The van der Waals surface area contributed by atoms with Crippen molar-refractivity contribution in [3.63, 3.8) is 0 Å². The minimum absolute atomic E-state index is 0.101. The maximum absolute atomic E-state index is 11.9. The predicted molar refractivity (Wildman–Crippen MR) is 96.5 cm³/mol. The van der Waals surface area contributed by atoms with Gasteiger partial charge in [0.15, 0.2) is 0 Å². The molecule has 1 heterocycles. The number of aromatic nitrogens is 1. The quantitative estimate of drug-likeness (QED) is 0.665. The lowest BCUT2D eigenvalue weighted by Gasteiger charge is -2.09. The summed E-state index contributed by atoms with van der Waals surface area (Å²) in [5.74, 6) is 0.428. The standard InChI is InChI=1S/C17H23N3O4S/c1-13(2)25(22,23)19-10-4-3-5-16(21)20-15-8-6-14(7-9-15)17-18-11-12-24-17/h6-9,11-13,19H,3-5,10H2,1-2H3,(H,20,21). The van der Waals surface area contributed by atoms with Crippen LogP contribution < -0.4 is 10.0 Å². The van der Waals surface area contributed by atoms with Crippen molar-refractivity contribution in [2.24, 2.45) is 0 Å². The van der Waals surface area contributed by atoms with Crippen LogP contribution in [0.25, 0.3) is 11.5 Å². The summed E-state index contributed by atoms with van der Waals surface area (Å²) >= 11 is 0. The van der Waals surface area contributed by atoms with Gasteiger partial charge >= 0.3 is 0 Å². The Balaban J connectivity index is 1.70. The lowest BCUT2D eigenvalue weighted by Crippen LogP contribution is -2.31. The molecule has 7 nitrogen and oxygen atoms in total. The number of hydrogen-bond acceptors (Lipinski definition) is 5. The van der Waals surface area contributed by atoms with Gasteiger partial charge in [0.2, 0.25) is 21.8 Å². The van der Waals surface area contributed by atoms with E-state index in [-0.39, 0.29) is 5.91 Å². The Morgan fingerprint density at radius 1 is 1.20 bits per heavy atom. The molecule has 2 N–H and O–H groups in total. The first-order valence-electron chi connectivity index (χ1n) is 8.17. The molecule has 0 aliphatic heterocycles. The molecule has 0 aliphatic carbocycles. The van der Waals surface area contributed by atoms with Crippen molar-refractivity contribution in [3.8, 4) is 11.5 Å². The van der Waals surface area contributed by atoms with E-state index in [0.29, 0.717) is 37.4 Å². The monoisotopic (exact) mass is 365 g/mol. The zero-order valence-corrected chi connectivity index (χ0v) is 15.2. The maximum atomic E-state index is 11.9. The van der Waals surface area contributed by atoms with Crippen LogP contribution in [0.5, 0.6) is 0 Å². The number of carbonyl (C=O) groups is 1. The van der Waals surface area contributed by atoms with E-state index >= 15 is 0 Å². The van der Waals surface area contributed by atoms with Gasteiger partial charge in [-0.1, -0.05) is 0 Å². The van der Waals surface area contributed by atoms with Crippen LogP contribution in [0.1, 0.15) is 33.1 Å². The van der Waals surface area contributed by atoms with E-state index in [1.807, 2.05) is 12.1 Å². The number of nitrogens with one attached hydrogen (secondary N) is 2. The molecule has 0 radical (unpaired) electrons. The second-order valence-electron chi connectivity index (χ2n) is 5.91. The molecule has 2 aromatic rings. The molecule has 0 atom stereocenters. The van der Waals surface area contributed by atoms with Gasteiger partial charge in [0.05, 0.1) is 11.4 Å². The number of oxazole rings is 1. The minimum Gasteiger partial charge on any atom is -0.445 e. The lowest BCUT2D eigenvalue weighted by molar-refractivity contribution is -0.116. The second kappa shape index (κ2) is 8.77. The molecule has 1 aromatic carbocycles. The van der Waals surface area contributed by atoms with E-state index in [1.165, 1.54) is 6.26 Å². The van der Waals surface area contributed by atoms with Crippen molar-refractivity contribution in [1.29, 1.82) is 0 Å². The highest BCUT2D eigenvalue weighted by molar-refractivity contribution is 7.90. The van der Waals surface area contributed by atoms with Crippen LogP contribution in [0, 0.1) is 0 Å². The molecular formula is C17H23N3O4S. The molecule has 136 valence electrons. The normalized spacial score (nSPS) is 11.6. The van der Waals surface area contributed by atoms with Crippen molar-refractivity contribution in [3.05, 3.63) is 36.7 Å². The average Bonchev–Trinajstić information content (AvgIpc) is 3.09. The summed E-state index contributed by atoms with van der Waals surface area (Å²) in [6.45, 7) is 3.60. The van der Waals surface area contributed by atoms with Crippen molar-refractivity contribution in [2.45, 2.75) is 38.4 Å². The fourth-order valence-corrected chi connectivity index (χ4v) is 2.84. The number of nitrogens with zero attached hydrogens (tertiary/aromatic N) is 1. The van der Waals surface area contributed by atoms with Crippen LogP contribution >= 0.6 is 0 Å². The molecule has 2 rings (SSSR count). The summed E-state index contributed by atoms with van der Waals surface area (Å²) in [5.41, 5.74) is 1.53. The summed E-state index contributed by atoms with van der Waals surface area (Å²) < 4.78 is 30.9. The number of anilines is 1. The highest BCUT2D eigenvalue weighted by atomic mass is 32.2. The third-order valence-corrected chi connectivity index (χ3v) is 5.45. The second-order valence-corrected chi connectivity index (χ2v) is 8.23. The number of sulfonamides is 1. The zero-order chi connectivity index (χ0) is 18.3. The summed E-state index contributed by atoms with van der Waals surface area (Å²) in [5, 5.41) is 2.36. The van der Waals surface area contributed by atoms with E-state index in [1.54, 1.807) is 32.2 Å². The van der Waals surface area contributed by atoms with Gasteiger partial charge < -0.3 is 9.73 Å². The fourth-order valence-electron chi connectivity index (χ4n) is 2.08. The third-order valence-electron chi connectivity index (χ3n) is 3.60. The van der Waals surface area contributed by atoms with Crippen LogP contribution in [0.2, 0.25) is 0 Å². The Labute approximate surface area is 147 Å². The SMILES string of the molecule is CC(C)S(=O)(=O)NCCCCC(=O)Nc1ccc(-c2ncco2)cc1. The van der Waals surface area contributed by atoms with Crippen molar-refractivity contribution < 1.29 is 17.6 Å². The van der Waals surface area contributed by atoms with Crippen molar-refractivity contribution >= 4 is 21.6 Å². The smallest absolute Gasteiger partial charge is 0.225 e. The topological polar surface area (TPSA) is 101 Å². The Hall–Kier alpha value is -2.19. The van der Waals surface area contributed by atoms with Gasteiger partial charge in [0, 0.05) is 24.2 Å². The van der Waals surface area contributed by atoms with Crippen LogP contribution in [0.15, 0.2) is 41.1 Å². The predicted octanol–water partition coefficient (Wildman–Crippen LogP) is 2.78. The Bertz CT molecular complexity index is 769. The highest BCUT2D eigenvalue weighted by Gasteiger charge is 2.14. The molecule has 0 saturated carbocycles. The molecule has 1 amide bonds. The molecule has 25 heavy (non-hydrogen) atoms. The van der Waals surface area contributed by atoms with E-state index in [4.69, 9.17) is 4.42 Å². The molecular weight excluding hydrogens is 342 g/mol. The van der Waals surface area contributed by atoms with Crippen LogP contribution in [0.4, 0.5) is 5.69 Å². The summed E-state index contributed by atoms with van der Waals surface area (Å²) in [6.07, 6.45) is 4.65. The summed E-state index contributed by atoms with van der Waals surface area (Å²) in [6, 6.07) is 7.21. The molecule has 0 bridgehead atoms. The Morgan fingerprint density at radius 2 is 1.92 bits per heavy atom. The first-order valence-corrected chi connectivity index (χ1v) is 9.71. The van der Waals surface area contributed by atoms with Crippen LogP contribution in [-0.4, -0.2) is 31.1 Å². The number of carbonyl (C=O) groups excluding carboxylic acids is 1. The van der Waals surface area contributed by atoms with Crippen LogP contribution in [0.3, 0.4) is 0 Å². The Kier molecular flexibility index (Phi) is 6.72. The van der Waals surface area contributed by atoms with Crippen molar-refractivity contribution in [2.75, 3.05) is 11.9 Å². The third kappa shape index (κ3) is 5.99. The summed E-state index contributed by atoms with van der Waals surface area (Å²) in [4.78, 5) is 16.0. The first-order chi connectivity index (χ1) is 11.9. The van der Waals surface area contributed by atoms with Crippen LogP contribution in [-0.2, 0) is 14.8 Å². The number of benzene rings is 1. The largest absolute Gasteiger partial charge is 0.445 e. The van der Waals surface area contributed by atoms with E-state index in [0.717, 1.165) is 5.56 Å². The van der Waals surface area contributed by atoms with E-state index in [9.17, 15) is 13.2 Å². The van der Waals surface area contributed by atoms with Crippen molar-refractivity contribution in [1.82, 2.24) is 9.71 Å². The molecule has 0 fully saturated rings. The number of unbranched alkanes of at least 4 members (excludes halogenated alkanes) is 1. The lowest BCUT2D eigenvalue weighted by atomic mass is 10.2. The maximum Gasteiger partial charge on any atom is 0.225 e.